The molecule has 3 heterocycles. The van der Waals surface area contributed by atoms with E-state index in [0.29, 0.717) is 31.5 Å². The van der Waals surface area contributed by atoms with Gasteiger partial charge in [-0.1, -0.05) is 18.2 Å². The molecule has 1 aromatic carbocycles. The number of hydrogen-bond acceptors (Lipinski definition) is 4. The molecule has 3 amide bonds. The second kappa shape index (κ2) is 5.70. The largest absolute Gasteiger partial charge is 0.325 e. The zero-order chi connectivity index (χ0) is 17.6. The van der Waals surface area contributed by atoms with Crippen LogP contribution in [-0.4, -0.2) is 40.0 Å². The third-order valence-electron chi connectivity index (χ3n) is 5.24. The number of carbonyl (C=O) groups excluding carboxylic acids is 2. The summed E-state index contributed by atoms with van der Waals surface area (Å²) in [5, 5.41) is 6.95. The van der Waals surface area contributed by atoms with Crippen LogP contribution >= 0.6 is 0 Å². The standard InChI is InChI=1S/C18H20N4O3/c1-21-14-5-3-2-4-12(14)10-13(15(21)23)11-22-16(24)18(20-17(22)25)6-8-19-9-7-18/h2-5,10,19H,6-9,11H2,1H3,(H,20,25). The average Bonchev–Trinajstić information content (AvgIpc) is 2.84. The van der Waals surface area contributed by atoms with Crippen LogP contribution in [0.25, 0.3) is 10.9 Å². The number of para-hydroxylation sites is 1. The zero-order valence-electron chi connectivity index (χ0n) is 14.0. The highest BCUT2D eigenvalue weighted by molar-refractivity contribution is 6.07. The van der Waals surface area contributed by atoms with Crippen molar-refractivity contribution in [3.8, 4) is 0 Å². The average molecular weight is 340 g/mol. The summed E-state index contributed by atoms with van der Waals surface area (Å²) < 4.78 is 1.56. The van der Waals surface area contributed by atoms with Gasteiger partial charge in [-0.3, -0.25) is 14.5 Å². The monoisotopic (exact) mass is 340 g/mol. The number of carbonyl (C=O) groups is 2. The second-order valence-corrected chi connectivity index (χ2v) is 6.75. The number of nitrogens with zero attached hydrogens (tertiary/aromatic N) is 2. The predicted octanol–water partition coefficient (Wildman–Crippen LogP) is 0.713. The zero-order valence-corrected chi connectivity index (χ0v) is 14.0. The van der Waals surface area contributed by atoms with E-state index in [1.165, 1.54) is 4.90 Å². The fourth-order valence-corrected chi connectivity index (χ4v) is 3.79. The summed E-state index contributed by atoms with van der Waals surface area (Å²) in [4.78, 5) is 39.1. The lowest BCUT2D eigenvalue weighted by Crippen LogP contribution is -2.53. The van der Waals surface area contributed by atoms with Crippen molar-refractivity contribution in [2.24, 2.45) is 7.05 Å². The minimum atomic E-state index is -0.815. The van der Waals surface area contributed by atoms with Gasteiger partial charge in [0, 0.05) is 12.6 Å². The van der Waals surface area contributed by atoms with Crippen LogP contribution in [0.2, 0.25) is 0 Å². The SMILES string of the molecule is Cn1c(=O)c(CN2C(=O)NC3(CCNCC3)C2=O)cc2ccccc21. The van der Waals surface area contributed by atoms with Crippen LogP contribution < -0.4 is 16.2 Å². The van der Waals surface area contributed by atoms with Gasteiger partial charge in [-0.2, -0.15) is 0 Å². The van der Waals surface area contributed by atoms with Crippen LogP contribution in [0.5, 0.6) is 0 Å². The molecule has 0 saturated carbocycles. The number of nitrogens with one attached hydrogen (secondary N) is 2. The van der Waals surface area contributed by atoms with E-state index < -0.39 is 11.6 Å². The molecular weight excluding hydrogens is 320 g/mol. The Hall–Kier alpha value is -2.67. The minimum absolute atomic E-state index is 0.00263. The molecule has 4 rings (SSSR count). The van der Waals surface area contributed by atoms with Crippen LogP contribution in [0.3, 0.4) is 0 Å². The van der Waals surface area contributed by atoms with E-state index in [1.807, 2.05) is 24.3 Å². The van der Waals surface area contributed by atoms with E-state index in [0.717, 1.165) is 10.9 Å². The van der Waals surface area contributed by atoms with Gasteiger partial charge in [0.15, 0.2) is 0 Å². The summed E-state index contributed by atoms with van der Waals surface area (Å²) in [6, 6.07) is 8.92. The predicted molar refractivity (Wildman–Crippen MR) is 93.1 cm³/mol. The van der Waals surface area contributed by atoms with Gasteiger partial charge < -0.3 is 15.2 Å². The Kier molecular flexibility index (Phi) is 3.61. The molecule has 0 bridgehead atoms. The lowest BCUT2D eigenvalue weighted by Gasteiger charge is -2.31. The summed E-state index contributed by atoms with van der Waals surface area (Å²) in [5.74, 6) is -0.228. The maximum absolute atomic E-state index is 12.9. The summed E-state index contributed by atoms with van der Waals surface area (Å²) in [6.07, 6.45) is 1.15. The smallest absolute Gasteiger partial charge is 0.323 e. The Labute approximate surface area is 144 Å². The molecule has 7 heteroatoms. The van der Waals surface area contributed by atoms with Gasteiger partial charge in [-0.15, -0.1) is 0 Å². The highest BCUT2D eigenvalue weighted by atomic mass is 16.2. The molecule has 130 valence electrons. The van der Waals surface area contributed by atoms with Crippen LogP contribution in [0.15, 0.2) is 35.1 Å². The molecule has 0 unspecified atom stereocenters. The molecule has 2 aliphatic rings. The molecule has 1 spiro atoms. The molecule has 0 atom stereocenters. The lowest BCUT2D eigenvalue weighted by molar-refractivity contribution is -0.132. The first-order valence-electron chi connectivity index (χ1n) is 8.44. The molecule has 0 aliphatic carbocycles. The number of piperidine rings is 1. The van der Waals surface area contributed by atoms with E-state index in [9.17, 15) is 14.4 Å². The number of urea groups is 1. The van der Waals surface area contributed by atoms with E-state index in [1.54, 1.807) is 17.7 Å². The molecule has 1 aromatic heterocycles. The number of rotatable bonds is 2. The second-order valence-electron chi connectivity index (χ2n) is 6.75. The summed E-state index contributed by atoms with van der Waals surface area (Å²) >= 11 is 0. The molecular formula is C18H20N4O3. The molecule has 2 saturated heterocycles. The Bertz CT molecular complexity index is 928. The van der Waals surface area contributed by atoms with Crippen molar-refractivity contribution >= 4 is 22.8 Å². The maximum Gasteiger partial charge on any atom is 0.325 e. The van der Waals surface area contributed by atoms with Crippen molar-refractivity contribution in [2.75, 3.05) is 13.1 Å². The number of fused-ring (bicyclic) bond motifs is 1. The first kappa shape index (κ1) is 15.8. The van der Waals surface area contributed by atoms with Crippen molar-refractivity contribution in [3.63, 3.8) is 0 Å². The van der Waals surface area contributed by atoms with Crippen molar-refractivity contribution in [1.29, 1.82) is 0 Å². The number of amides is 3. The third kappa shape index (κ3) is 2.42. The molecule has 0 radical (unpaired) electrons. The van der Waals surface area contributed by atoms with Gasteiger partial charge in [0.25, 0.3) is 11.5 Å². The van der Waals surface area contributed by atoms with E-state index >= 15 is 0 Å². The number of hydrogen-bond donors (Lipinski definition) is 2. The fraction of sp³-hybridized carbons (Fsp3) is 0.389. The maximum atomic E-state index is 12.9. The Morgan fingerprint density at radius 3 is 2.60 bits per heavy atom. The molecule has 2 N–H and O–H groups in total. The molecule has 7 nitrogen and oxygen atoms in total. The first-order valence-corrected chi connectivity index (χ1v) is 8.44. The van der Waals surface area contributed by atoms with E-state index in [-0.39, 0.29) is 18.0 Å². The van der Waals surface area contributed by atoms with Gasteiger partial charge in [0.2, 0.25) is 0 Å². The topological polar surface area (TPSA) is 83.4 Å². The van der Waals surface area contributed by atoms with Gasteiger partial charge in [-0.25, -0.2) is 4.79 Å². The van der Waals surface area contributed by atoms with Gasteiger partial charge in [0.1, 0.15) is 5.54 Å². The van der Waals surface area contributed by atoms with Gasteiger partial charge >= 0.3 is 6.03 Å². The van der Waals surface area contributed by atoms with Crippen molar-refractivity contribution in [2.45, 2.75) is 24.9 Å². The lowest BCUT2D eigenvalue weighted by atomic mass is 9.88. The van der Waals surface area contributed by atoms with Crippen LogP contribution in [0.4, 0.5) is 4.79 Å². The summed E-state index contributed by atoms with van der Waals surface area (Å²) in [6.45, 7) is 1.38. The Morgan fingerprint density at radius 1 is 1.12 bits per heavy atom. The van der Waals surface area contributed by atoms with E-state index in [4.69, 9.17) is 0 Å². The highest BCUT2D eigenvalue weighted by Gasteiger charge is 2.51. The van der Waals surface area contributed by atoms with Crippen LogP contribution in [0.1, 0.15) is 18.4 Å². The van der Waals surface area contributed by atoms with Crippen molar-refractivity contribution < 1.29 is 9.59 Å². The summed E-state index contributed by atoms with van der Waals surface area (Å²) in [5.41, 5.74) is 0.259. The van der Waals surface area contributed by atoms with E-state index in [2.05, 4.69) is 10.6 Å². The van der Waals surface area contributed by atoms with Crippen LogP contribution in [-0.2, 0) is 18.4 Å². The fourth-order valence-electron chi connectivity index (χ4n) is 3.79. The van der Waals surface area contributed by atoms with Crippen molar-refractivity contribution in [3.05, 3.63) is 46.2 Å². The van der Waals surface area contributed by atoms with Gasteiger partial charge in [0.05, 0.1) is 12.1 Å². The number of benzene rings is 1. The Morgan fingerprint density at radius 2 is 1.84 bits per heavy atom. The number of aromatic nitrogens is 1. The van der Waals surface area contributed by atoms with Crippen molar-refractivity contribution in [1.82, 2.24) is 20.1 Å². The third-order valence-corrected chi connectivity index (χ3v) is 5.24. The number of pyridine rings is 1. The quantitative estimate of drug-likeness (QED) is 0.789. The number of imide groups is 1. The highest BCUT2D eigenvalue weighted by Crippen LogP contribution is 2.28. The summed E-state index contributed by atoms with van der Waals surface area (Å²) in [7, 11) is 1.70. The van der Waals surface area contributed by atoms with Crippen LogP contribution in [0, 0.1) is 0 Å². The molecule has 25 heavy (non-hydrogen) atoms. The van der Waals surface area contributed by atoms with Gasteiger partial charge in [-0.05, 0) is 43.5 Å². The molecule has 2 fully saturated rings. The first-order chi connectivity index (χ1) is 12.0. The Balaban J connectivity index is 1.69. The normalized spacial score (nSPS) is 19.6. The molecule has 2 aliphatic heterocycles. The number of aryl methyl sites for hydroxylation is 1. The minimum Gasteiger partial charge on any atom is -0.323 e. The molecule has 2 aromatic rings.